The third-order valence-electron chi connectivity index (χ3n) is 5.41. The number of amides is 2. The van der Waals surface area contributed by atoms with Gasteiger partial charge in [-0.15, -0.1) is 0 Å². The predicted molar refractivity (Wildman–Crippen MR) is 108 cm³/mol. The molecule has 1 aliphatic carbocycles. The van der Waals surface area contributed by atoms with Crippen LogP contribution in [0.5, 0.6) is 5.75 Å². The van der Waals surface area contributed by atoms with Crippen LogP contribution >= 0.6 is 0 Å². The van der Waals surface area contributed by atoms with E-state index in [0.717, 1.165) is 18.6 Å². The second kappa shape index (κ2) is 9.25. The Hall–Kier alpha value is -2.04. The minimum absolute atomic E-state index is 0.0176. The average molecular weight is 375 g/mol. The normalized spacial score (nSPS) is 16.0. The van der Waals surface area contributed by atoms with Crippen LogP contribution in [0.4, 0.5) is 0 Å². The average Bonchev–Trinajstić information content (AvgIpc) is 3.12. The summed E-state index contributed by atoms with van der Waals surface area (Å²) in [6.07, 6.45) is 5.55. The molecule has 0 spiro atoms. The van der Waals surface area contributed by atoms with Gasteiger partial charge < -0.3 is 15.4 Å². The Morgan fingerprint density at radius 1 is 1.11 bits per heavy atom. The number of carbonyl (C=O) groups excluding carboxylic acids is 2. The van der Waals surface area contributed by atoms with Crippen LogP contribution in [0.1, 0.15) is 64.9 Å². The summed E-state index contributed by atoms with van der Waals surface area (Å²) in [5.74, 6) is 0.962. The maximum Gasteiger partial charge on any atom is 0.225 e. The van der Waals surface area contributed by atoms with E-state index < -0.39 is 5.41 Å². The summed E-state index contributed by atoms with van der Waals surface area (Å²) in [5.41, 5.74) is 0.761. The first-order valence-electron chi connectivity index (χ1n) is 9.97. The molecule has 2 amide bonds. The van der Waals surface area contributed by atoms with Crippen molar-refractivity contribution in [3.63, 3.8) is 0 Å². The lowest BCUT2D eigenvalue weighted by molar-refractivity contribution is -0.128. The highest BCUT2D eigenvalue weighted by Crippen LogP contribution is 2.44. The molecule has 150 valence electrons. The van der Waals surface area contributed by atoms with Crippen molar-refractivity contribution in [1.29, 1.82) is 0 Å². The topological polar surface area (TPSA) is 67.4 Å². The lowest BCUT2D eigenvalue weighted by Gasteiger charge is -2.31. The van der Waals surface area contributed by atoms with E-state index in [0.29, 0.717) is 25.9 Å². The molecule has 0 aromatic heterocycles. The number of hydrogen-bond acceptors (Lipinski definition) is 3. The second-order valence-electron chi connectivity index (χ2n) is 8.57. The Morgan fingerprint density at radius 2 is 1.78 bits per heavy atom. The summed E-state index contributed by atoms with van der Waals surface area (Å²) in [6, 6.07) is 8.14. The van der Waals surface area contributed by atoms with Crippen LogP contribution in [-0.4, -0.2) is 32.0 Å². The van der Waals surface area contributed by atoms with E-state index in [1.54, 1.807) is 7.11 Å². The summed E-state index contributed by atoms with van der Waals surface area (Å²) in [7, 11) is 1.70. The van der Waals surface area contributed by atoms with Crippen LogP contribution in [0.3, 0.4) is 0 Å². The zero-order valence-electron chi connectivity index (χ0n) is 17.2. The van der Waals surface area contributed by atoms with Gasteiger partial charge in [-0.25, -0.2) is 0 Å². The number of para-hydroxylation sites is 1. The highest BCUT2D eigenvalue weighted by atomic mass is 16.5. The number of nitrogens with one attached hydrogen (secondary N) is 2. The lowest BCUT2D eigenvalue weighted by atomic mass is 9.78. The molecule has 5 nitrogen and oxygen atoms in total. The van der Waals surface area contributed by atoms with Crippen LogP contribution < -0.4 is 15.4 Å². The van der Waals surface area contributed by atoms with Crippen LogP contribution in [0.2, 0.25) is 0 Å². The maximum atomic E-state index is 12.3. The molecule has 27 heavy (non-hydrogen) atoms. The van der Waals surface area contributed by atoms with Gasteiger partial charge >= 0.3 is 0 Å². The molecule has 1 aromatic carbocycles. The fraction of sp³-hybridized carbons (Fsp3) is 0.636. The fourth-order valence-electron chi connectivity index (χ4n) is 3.75. The fourth-order valence-corrected chi connectivity index (χ4v) is 3.75. The Balaban J connectivity index is 1.86. The minimum atomic E-state index is -0.397. The zero-order valence-corrected chi connectivity index (χ0v) is 17.2. The molecule has 0 aliphatic heterocycles. The van der Waals surface area contributed by atoms with E-state index in [2.05, 4.69) is 16.7 Å². The molecule has 1 saturated carbocycles. The molecule has 1 fully saturated rings. The highest BCUT2D eigenvalue weighted by Gasteiger charge is 2.37. The molecular weight excluding hydrogens is 340 g/mol. The number of ether oxygens (including phenoxy) is 1. The summed E-state index contributed by atoms with van der Waals surface area (Å²) in [6.45, 7) is 6.82. The molecule has 0 bridgehead atoms. The van der Waals surface area contributed by atoms with Gasteiger partial charge in [-0.05, 0) is 25.3 Å². The summed E-state index contributed by atoms with van der Waals surface area (Å²) in [4.78, 5) is 24.2. The highest BCUT2D eigenvalue weighted by molar-refractivity contribution is 5.81. The van der Waals surface area contributed by atoms with Gasteiger partial charge in [-0.1, -0.05) is 51.8 Å². The van der Waals surface area contributed by atoms with Crippen molar-refractivity contribution in [2.75, 3.05) is 20.2 Å². The van der Waals surface area contributed by atoms with Gasteiger partial charge in [0.05, 0.1) is 7.11 Å². The monoisotopic (exact) mass is 374 g/mol. The molecule has 0 atom stereocenters. The summed E-state index contributed by atoms with van der Waals surface area (Å²) >= 11 is 0. The van der Waals surface area contributed by atoms with Gasteiger partial charge in [0.2, 0.25) is 11.8 Å². The van der Waals surface area contributed by atoms with Crippen LogP contribution in [0.15, 0.2) is 24.3 Å². The van der Waals surface area contributed by atoms with E-state index in [1.165, 1.54) is 18.4 Å². The minimum Gasteiger partial charge on any atom is -0.496 e. The van der Waals surface area contributed by atoms with Gasteiger partial charge in [0.25, 0.3) is 0 Å². The Kier molecular flexibility index (Phi) is 7.28. The number of rotatable bonds is 8. The SMILES string of the molecule is COc1ccccc1C1(CNC(=O)CCCNC(=O)C(C)(C)C)CCCC1. The van der Waals surface area contributed by atoms with E-state index in [9.17, 15) is 9.59 Å². The first-order valence-corrected chi connectivity index (χ1v) is 9.97. The molecule has 0 radical (unpaired) electrons. The van der Waals surface area contributed by atoms with Crippen molar-refractivity contribution in [3.8, 4) is 5.75 Å². The lowest BCUT2D eigenvalue weighted by Crippen LogP contribution is -2.39. The molecular formula is C22H34N2O3. The predicted octanol–water partition coefficient (Wildman–Crippen LogP) is 3.57. The van der Waals surface area contributed by atoms with Gasteiger partial charge in [-0.3, -0.25) is 9.59 Å². The number of benzene rings is 1. The quantitative estimate of drug-likeness (QED) is 0.684. The van der Waals surface area contributed by atoms with Crippen molar-refractivity contribution in [3.05, 3.63) is 29.8 Å². The second-order valence-corrected chi connectivity index (χ2v) is 8.57. The largest absolute Gasteiger partial charge is 0.496 e. The molecule has 2 rings (SSSR count). The maximum absolute atomic E-state index is 12.3. The van der Waals surface area contributed by atoms with Crippen molar-refractivity contribution in [1.82, 2.24) is 10.6 Å². The Labute approximate surface area is 163 Å². The van der Waals surface area contributed by atoms with Gasteiger partial charge in [0.1, 0.15) is 5.75 Å². The molecule has 1 aliphatic rings. The number of methoxy groups -OCH3 is 1. The smallest absolute Gasteiger partial charge is 0.225 e. The number of hydrogen-bond donors (Lipinski definition) is 2. The molecule has 0 unspecified atom stereocenters. The first-order chi connectivity index (χ1) is 12.8. The van der Waals surface area contributed by atoms with E-state index >= 15 is 0 Å². The van der Waals surface area contributed by atoms with E-state index in [-0.39, 0.29) is 17.2 Å². The van der Waals surface area contributed by atoms with Gasteiger partial charge in [-0.2, -0.15) is 0 Å². The van der Waals surface area contributed by atoms with Gasteiger partial charge in [0, 0.05) is 35.9 Å². The standard InChI is InChI=1S/C22H34N2O3/c1-21(2,3)20(26)23-15-9-12-19(25)24-16-22(13-7-8-14-22)17-10-5-6-11-18(17)27-4/h5-6,10-11H,7-9,12-16H2,1-4H3,(H,23,26)(H,24,25). The third kappa shape index (κ3) is 5.72. The zero-order chi connectivity index (χ0) is 19.9. The van der Waals surface area contributed by atoms with E-state index in [1.807, 2.05) is 39.0 Å². The first kappa shape index (κ1) is 21.3. The van der Waals surface area contributed by atoms with Crippen molar-refractivity contribution >= 4 is 11.8 Å². The van der Waals surface area contributed by atoms with Crippen LogP contribution in [-0.2, 0) is 15.0 Å². The van der Waals surface area contributed by atoms with E-state index in [4.69, 9.17) is 4.74 Å². The molecule has 2 N–H and O–H groups in total. The summed E-state index contributed by atoms with van der Waals surface area (Å²) < 4.78 is 5.57. The van der Waals surface area contributed by atoms with Crippen molar-refractivity contribution < 1.29 is 14.3 Å². The number of carbonyl (C=O) groups is 2. The summed E-state index contributed by atoms with van der Waals surface area (Å²) in [5, 5.41) is 6.01. The van der Waals surface area contributed by atoms with Crippen molar-refractivity contribution in [2.45, 2.75) is 64.7 Å². The third-order valence-corrected chi connectivity index (χ3v) is 5.41. The molecule has 0 saturated heterocycles. The molecule has 1 aromatic rings. The van der Waals surface area contributed by atoms with Crippen LogP contribution in [0.25, 0.3) is 0 Å². The van der Waals surface area contributed by atoms with Gasteiger partial charge in [0.15, 0.2) is 0 Å². The van der Waals surface area contributed by atoms with Crippen molar-refractivity contribution in [2.24, 2.45) is 5.41 Å². The Bertz CT molecular complexity index is 643. The Morgan fingerprint density at radius 3 is 2.41 bits per heavy atom. The molecule has 5 heteroatoms. The van der Waals surface area contributed by atoms with Crippen LogP contribution in [0, 0.1) is 5.41 Å². The molecule has 0 heterocycles.